The monoisotopic (exact) mass is 177 g/mol. The highest BCUT2D eigenvalue weighted by Crippen LogP contribution is 2.45. The first kappa shape index (κ1) is 8.13. The summed E-state index contributed by atoms with van der Waals surface area (Å²) >= 11 is 0. The molecule has 0 saturated carbocycles. The summed E-state index contributed by atoms with van der Waals surface area (Å²) in [6.45, 7) is 0. The van der Waals surface area contributed by atoms with Crippen LogP contribution in [0.15, 0.2) is 11.4 Å². The van der Waals surface area contributed by atoms with E-state index in [9.17, 15) is 14.2 Å². The van der Waals surface area contributed by atoms with Gasteiger partial charge in [-0.15, -0.1) is 0 Å². The third kappa shape index (κ3) is 1.54. The van der Waals surface area contributed by atoms with Gasteiger partial charge in [-0.05, 0) is 0 Å². The highest BCUT2D eigenvalue weighted by atomic mass is 31.2. The average molecular weight is 177 g/mol. The van der Waals surface area contributed by atoms with Crippen LogP contribution in [0.25, 0.3) is 0 Å². The molecule has 6 nitrogen and oxygen atoms in total. The van der Waals surface area contributed by atoms with Crippen molar-refractivity contribution in [2.75, 3.05) is 0 Å². The van der Waals surface area contributed by atoms with Crippen molar-refractivity contribution in [1.29, 1.82) is 0 Å². The predicted octanol–water partition coefficient (Wildman–Crippen LogP) is -1.30. The summed E-state index contributed by atoms with van der Waals surface area (Å²) in [7, 11) is -4.58. The molecule has 0 fully saturated rings. The second-order valence-electron chi connectivity index (χ2n) is 1.89. The molecule has 0 bridgehead atoms. The SMILES string of the molecule is O=C1C=C(P(=O)(O)O)C(=O)N1. The molecule has 0 radical (unpaired) electrons. The average Bonchev–Trinajstić information content (AvgIpc) is 2.08. The van der Waals surface area contributed by atoms with Crippen LogP contribution in [0.1, 0.15) is 0 Å². The first-order valence-corrected chi connectivity index (χ1v) is 4.15. The molecule has 0 atom stereocenters. The maximum atomic E-state index is 10.5. The predicted molar refractivity (Wildman–Crippen MR) is 33.3 cm³/mol. The Balaban J connectivity index is 3.07. The van der Waals surface area contributed by atoms with Gasteiger partial charge in [0.05, 0.1) is 0 Å². The van der Waals surface area contributed by atoms with Crippen molar-refractivity contribution in [2.24, 2.45) is 0 Å². The molecule has 1 aliphatic rings. The molecule has 0 aliphatic carbocycles. The highest BCUT2D eigenvalue weighted by Gasteiger charge is 2.33. The fourth-order valence-corrected chi connectivity index (χ4v) is 1.22. The Labute approximate surface area is 61.1 Å². The lowest BCUT2D eigenvalue weighted by Crippen LogP contribution is -2.22. The van der Waals surface area contributed by atoms with Crippen molar-refractivity contribution in [1.82, 2.24) is 5.32 Å². The molecule has 0 spiro atoms. The highest BCUT2D eigenvalue weighted by molar-refractivity contribution is 7.58. The van der Waals surface area contributed by atoms with Crippen LogP contribution in [0.4, 0.5) is 0 Å². The van der Waals surface area contributed by atoms with Crippen LogP contribution in [-0.2, 0) is 14.2 Å². The quantitative estimate of drug-likeness (QED) is 0.341. The van der Waals surface area contributed by atoms with E-state index in [1.165, 1.54) is 0 Å². The van der Waals surface area contributed by atoms with Crippen molar-refractivity contribution >= 4 is 19.4 Å². The zero-order valence-corrected chi connectivity index (χ0v) is 6.04. The Bertz CT molecular complexity index is 300. The molecule has 0 aromatic rings. The van der Waals surface area contributed by atoms with Gasteiger partial charge in [-0.2, -0.15) is 0 Å². The first-order valence-electron chi connectivity index (χ1n) is 2.54. The summed E-state index contributed by atoms with van der Waals surface area (Å²) < 4.78 is 10.4. The number of hydrogen-bond acceptors (Lipinski definition) is 3. The van der Waals surface area contributed by atoms with Gasteiger partial charge in [0.15, 0.2) is 0 Å². The molecule has 0 aromatic carbocycles. The van der Waals surface area contributed by atoms with Crippen LogP contribution in [0.2, 0.25) is 0 Å². The van der Waals surface area contributed by atoms with Gasteiger partial charge in [0.2, 0.25) is 0 Å². The molecule has 60 valence electrons. The standard InChI is InChI=1S/C4H4NO5P/c6-3-1-2(4(7)5-3)11(8,9)10/h1H,(H,5,6,7)(H2,8,9,10). The van der Waals surface area contributed by atoms with E-state index in [-0.39, 0.29) is 0 Å². The lowest BCUT2D eigenvalue weighted by atomic mass is 10.5. The fourth-order valence-electron chi connectivity index (χ4n) is 0.618. The number of nitrogens with one attached hydrogen (secondary N) is 1. The summed E-state index contributed by atoms with van der Waals surface area (Å²) in [5, 5.41) is 0.935. The van der Waals surface area contributed by atoms with E-state index in [0.29, 0.717) is 6.08 Å². The number of amides is 2. The van der Waals surface area contributed by atoms with Gasteiger partial charge < -0.3 is 9.79 Å². The molecule has 0 unspecified atom stereocenters. The lowest BCUT2D eigenvalue weighted by Gasteiger charge is -1.99. The van der Waals surface area contributed by atoms with Crippen molar-refractivity contribution < 1.29 is 23.9 Å². The smallest absolute Gasteiger partial charge is 0.321 e. The third-order valence-corrected chi connectivity index (χ3v) is 2.01. The van der Waals surface area contributed by atoms with E-state index in [2.05, 4.69) is 0 Å². The minimum Gasteiger partial charge on any atom is -0.321 e. The second-order valence-corrected chi connectivity index (χ2v) is 3.46. The Morgan fingerprint density at radius 3 is 2.09 bits per heavy atom. The topological polar surface area (TPSA) is 104 Å². The van der Waals surface area contributed by atoms with Crippen LogP contribution >= 0.6 is 7.60 Å². The van der Waals surface area contributed by atoms with Crippen molar-refractivity contribution in [3.05, 3.63) is 11.4 Å². The number of carbonyl (C=O) groups is 2. The fraction of sp³-hybridized carbons (Fsp3) is 0. The van der Waals surface area contributed by atoms with Gasteiger partial charge >= 0.3 is 7.60 Å². The van der Waals surface area contributed by atoms with Gasteiger partial charge in [-0.25, -0.2) is 0 Å². The van der Waals surface area contributed by atoms with Gasteiger partial charge in [-0.1, -0.05) is 0 Å². The second kappa shape index (κ2) is 2.27. The van der Waals surface area contributed by atoms with Gasteiger partial charge in [-0.3, -0.25) is 19.5 Å². The summed E-state index contributed by atoms with van der Waals surface area (Å²) in [6, 6.07) is 0. The molecule has 1 heterocycles. The van der Waals surface area contributed by atoms with Crippen LogP contribution in [0.3, 0.4) is 0 Å². The first-order chi connectivity index (χ1) is 4.91. The van der Waals surface area contributed by atoms with E-state index in [4.69, 9.17) is 9.79 Å². The Morgan fingerprint density at radius 1 is 1.36 bits per heavy atom. The normalized spacial score (nSPS) is 18.2. The third-order valence-electron chi connectivity index (χ3n) is 1.05. The zero-order chi connectivity index (χ0) is 8.65. The summed E-state index contributed by atoms with van der Waals surface area (Å²) in [5.41, 5.74) is 0. The van der Waals surface area contributed by atoms with Crippen LogP contribution in [0, 0.1) is 0 Å². The van der Waals surface area contributed by atoms with Crippen LogP contribution < -0.4 is 5.32 Å². The van der Waals surface area contributed by atoms with Gasteiger partial charge in [0.25, 0.3) is 11.8 Å². The summed E-state index contributed by atoms with van der Waals surface area (Å²) in [5.74, 6) is -1.82. The molecule has 0 aromatic heterocycles. The van der Waals surface area contributed by atoms with Crippen molar-refractivity contribution in [3.8, 4) is 0 Å². The molecular formula is C4H4NO5P. The van der Waals surface area contributed by atoms with Crippen LogP contribution in [0.5, 0.6) is 0 Å². The molecule has 3 N–H and O–H groups in total. The molecular weight excluding hydrogens is 173 g/mol. The molecule has 1 aliphatic heterocycles. The Kier molecular flexibility index (Phi) is 1.67. The number of rotatable bonds is 1. The van der Waals surface area contributed by atoms with Crippen molar-refractivity contribution in [3.63, 3.8) is 0 Å². The number of hydrogen-bond donors (Lipinski definition) is 3. The van der Waals surface area contributed by atoms with Gasteiger partial charge in [0, 0.05) is 6.08 Å². The maximum absolute atomic E-state index is 10.5. The number of imide groups is 1. The van der Waals surface area contributed by atoms with E-state index in [1.807, 2.05) is 0 Å². The Morgan fingerprint density at radius 2 is 1.91 bits per heavy atom. The molecule has 2 amide bonds. The van der Waals surface area contributed by atoms with Crippen LogP contribution in [-0.4, -0.2) is 21.6 Å². The summed E-state index contributed by atoms with van der Waals surface area (Å²) in [6.07, 6.45) is 0.600. The van der Waals surface area contributed by atoms with E-state index >= 15 is 0 Å². The molecule has 1 rings (SSSR count). The minimum atomic E-state index is -4.58. The lowest BCUT2D eigenvalue weighted by molar-refractivity contribution is -0.123. The van der Waals surface area contributed by atoms with Crippen molar-refractivity contribution in [2.45, 2.75) is 0 Å². The Hall–Kier alpha value is -0.970. The molecule has 0 saturated heterocycles. The van der Waals surface area contributed by atoms with Gasteiger partial charge in [0.1, 0.15) is 5.31 Å². The van der Waals surface area contributed by atoms with E-state index < -0.39 is 24.7 Å². The largest absolute Gasteiger partial charge is 0.362 e. The van der Waals surface area contributed by atoms with E-state index in [1.54, 1.807) is 5.32 Å². The zero-order valence-electron chi connectivity index (χ0n) is 5.14. The maximum Gasteiger partial charge on any atom is 0.362 e. The minimum absolute atomic E-state index is 0.600. The van der Waals surface area contributed by atoms with E-state index in [0.717, 1.165) is 0 Å². The molecule has 11 heavy (non-hydrogen) atoms. The summed E-state index contributed by atoms with van der Waals surface area (Å²) in [4.78, 5) is 37.8. The molecule has 7 heteroatoms. The number of carbonyl (C=O) groups excluding carboxylic acids is 2.